The lowest BCUT2D eigenvalue weighted by molar-refractivity contribution is -0.189. The normalized spacial score (nSPS) is 26.8. The molecule has 2 unspecified atom stereocenters. The van der Waals surface area contributed by atoms with E-state index >= 15 is 0 Å². The van der Waals surface area contributed by atoms with Crippen LogP contribution >= 0.6 is 0 Å². The molecule has 0 heterocycles. The Balaban J connectivity index is 2.20. The highest BCUT2D eigenvalue weighted by atomic mass is 16.6. The zero-order valence-electron chi connectivity index (χ0n) is 15.8. The SMILES string of the molecule is CCCCCCCCCCCCC(O)[C@@]1(O)C(O)C=C[C@H]1OC(C)=O. The molecule has 0 radical (unpaired) electrons. The van der Waals surface area contributed by atoms with Gasteiger partial charge in [0, 0.05) is 6.92 Å². The van der Waals surface area contributed by atoms with Crippen molar-refractivity contribution in [3.8, 4) is 0 Å². The second-order valence-electron chi connectivity index (χ2n) is 7.23. The minimum absolute atomic E-state index is 0.378. The predicted octanol–water partition coefficient (Wildman–Crippen LogP) is 3.25. The first-order valence-electron chi connectivity index (χ1n) is 9.87. The smallest absolute Gasteiger partial charge is 0.303 e. The number of ether oxygens (including phenoxy) is 1. The Hall–Kier alpha value is -0.910. The molecule has 0 aromatic rings. The van der Waals surface area contributed by atoms with Crippen molar-refractivity contribution in [1.29, 1.82) is 0 Å². The molecular weight excluding hydrogens is 320 g/mol. The fourth-order valence-corrected chi connectivity index (χ4v) is 3.44. The van der Waals surface area contributed by atoms with E-state index < -0.39 is 29.9 Å². The molecule has 25 heavy (non-hydrogen) atoms. The van der Waals surface area contributed by atoms with Crippen LogP contribution in [-0.4, -0.2) is 45.2 Å². The molecular formula is C20H36O5. The lowest BCUT2D eigenvalue weighted by Crippen LogP contribution is -2.57. The van der Waals surface area contributed by atoms with Gasteiger partial charge in [0.25, 0.3) is 0 Å². The van der Waals surface area contributed by atoms with Gasteiger partial charge in [0.1, 0.15) is 6.10 Å². The molecule has 5 heteroatoms. The molecule has 5 nitrogen and oxygen atoms in total. The van der Waals surface area contributed by atoms with Crippen LogP contribution in [0.1, 0.15) is 84.5 Å². The average molecular weight is 357 g/mol. The summed E-state index contributed by atoms with van der Waals surface area (Å²) in [6, 6.07) is 0. The molecule has 4 atom stereocenters. The maximum absolute atomic E-state index is 11.1. The van der Waals surface area contributed by atoms with Gasteiger partial charge in [0.05, 0.1) is 6.10 Å². The lowest BCUT2D eigenvalue weighted by Gasteiger charge is -2.36. The maximum atomic E-state index is 11.1. The van der Waals surface area contributed by atoms with Crippen molar-refractivity contribution in [2.75, 3.05) is 0 Å². The third kappa shape index (κ3) is 7.08. The van der Waals surface area contributed by atoms with Crippen LogP contribution in [0.2, 0.25) is 0 Å². The zero-order valence-corrected chi connectivity index (χ0v) is 15.8. The Kier molecular flexibility index (Phi) is 10.3. The molecule has 0 saturated heterocycles. The van der Waals surface area contributed by atoms with Crippen LogP contribution in [0.15, 0.2) is 12.2 Å². The fraction of sp³-hybridized carbons (Fsp3) is 0.850. The summed E-state index contributed by atoms with van der Waals surface area (Å²) in [4.78, 5) is 11.1. The van der Waals surface area contributed by atoms with Crippen molar-refractivity contribution in [2.24, 2.45) is 0 Å². The highest BCUT2D eigenvalue weighted by molar-refractivity contribution is 5.66. The summed E-state index contributed by atoms with van der Waals surface area (Å²) in [6.07, 6.45) is 11.7. The number of carbonyl (C=O) groups is 1. The van der Waals surface area contributed by atoms with E-state index in [1.165, 1.54) is 64.0 Å². The summed E-state index contributed by atoms with van der Waals surface area (Å²) in [5, 5.41) is 31.0. The van der Waals surface area contributed by atoms with Gasteiger partial charge in [-0.15, -0.1) is 0 Å². The molecule has 0 fully saturated rings. The number of carbonyl (C=O) groups excluding carboxylic acids is 1. The summed E-state index contributed by atoms with van der Waals surface area (Å²) >= 11 is 0. The standard InChI is InChI=1S/C20H36O5/c1-3-4-5-6-7-8-9-10-11-12-13-17(22)20(24)18(23)14-15-19(20)25-16(2)21/h14-15,17-19,22-24H,3-13H2,1-2H3/t17?,18?,19-,20-/m1/s1. The number of aliphatic hydroxyl groups is 3. The summed E-state index contributed by atoms with van der Waals surface area (Å²) in [5.41, 5.74) is -1.84. The van der Waals surface area contributed by atoms with E-state index in [0.717, 1.165) is 19.3 Å². The Labute approximate surface area is 152 Å². The highest BCUT2D eigenvalue weighted by Crippen LogP contribution is 2.33. The van der Waals surface area contributed by atoms with E-state index in [-0.39, 0.29) is 0 Å². The minimum Gasteiger partial charge on any atom is -0.455 e. The van der Waals surface area contributed by atoms with E-state index in [1.54, 1.807) is 0 Å². The summed E-state index contributed by atoms with van der Waals surface area (Å²) in [5.74, 6) is -0.548. The molecule has 0 spiro atoms. The van der Waals surface area contributed by atoms with E-state index in [0.29, 0.717) is 6.42 Å². The Bertz CT molecular complexity index is 409. The largest absolute Gasteiger partial charge is 0.455 e. The third-order valence-electron chi connectivity index (χ3n) is 5.06. The number of rotatable bonds is 13. The van der Waals surface area contributed by atoms with E-state index in [4.69, 9.17) is 4.74 Å². The number of unbranched alkanes of at least 4 members (excludes halogenated alkanes) is 9. The topological polar surface area (TPSA) is 87.0 Å². The first kappa shape index (κ1) is 22.1. The second kappa shape index (κ2) is 11.7. The van der Waals surface area contributed by atoms with Crippen LogP contribution in [-0.2, 0) is 9.53 Å². The molecule has 1 aliphatic rings. The Morgan fingerprint density at radius 1 is 1.04 bits per heavy atom. The van der Waals surface area contributed by atoms with Gasteiger partial charge in [0.15, 0.2) is 11.7 Å². The van der Waals surface area contributed by atoms with Crippen LogP contribution < -0.4 is 0 Å². The van der Waals surface area contributed by atoms with Crippen LogP contribution in [0.25, 0.3) is 0 Å². The van der Waals surface area contributed by atoms with Crippen LogP contribution in [0, 0.1) is 0 Å². The molecule has 0 aromatic heterocycles. The van der Waals surface area contributed by atoms with Crippen molar-refractivity contribution < 1.29 is 24.9 Å². The highest BCUT2D eigenvalue weighted by Gasteiger charge is 2.52. The molecule has 0 aliphatic heterocycles. The van der Waals surface area contributed by atoms with Gasteiger partial charge < -0.3 is 20.1 Å². The molecule has 1 rings (SSSR count). The molecule has 3 N–H and O–H groups in total. The molecule has 0 bridgehead atoms. The van der Waals surface area contributed by atoms with Gasteiger partial charge in [-0.25, -0.2) is 0 Å². The average Bonchev–Trinajstić information content (AvgIpc) is 2.85. The van der Waals surface area contributed by atoms with E-state index in [9.17, 15) is 20.1 Å². The zero-order chi connectivity index (χ0) is 18.7. The van der Waals surface area contributed by atoms with Gasteiger partial charge in [0.2, 0.25) is 0 Å². The molecule has 1 aliphatic carbocycles. The summed E-state index contributed by atoms with van der Waals surface area (Å²) in [6.45, 7) is 3.47. The van der Waals surface area contributed by atoms with Crippen LogP contribution in [0.4, 0.5) is 0 Å². The Morgan fingerprint density at radius 2 is 1.56 bits per heavy atom. The number of hydrogen-bond acceptors (Lipinski definition) is 5. The first-order chi connectivity index (χ1) is 11.9. The second-order valence-corrected chi connectivity index (χ2v) is 7.23. The van der Waals surface area contributed by atoms with Crippen molar-refractivity contribution in [1.82, 2.24) is 0 Å². The third-order valence-corrected chi connectivity index (χ3v) is 5.06. The first-order valence-corrected chi connectivity index (χ1v) is 9.87. The van der Waals surface area contributed by atoms with Crippen molar-refractivity contribution in [3.05, 3.63) is 12.2 Å². The molecule has 0 aromatic carbocycles. The Morgan fingerprint density at radius 3 is 2.08 bits per heavy atom. The maximum Gasteiger partial charge on any atom is 0.303 e. The summed E-state index contributed by atoms with van der Waals surface area (Å²) in [7, 11) is 0. The van der Waals surface area contributed by atoms with E-state index in [1.807, 2.05) is 0 Å². The monoisotopic (exact) mass is 356 g/mol. The van der Waals surface area contributed by atoms with E-state index in [2.05, 4.69) is 6.92 Å². The van der Waals surface area contributed by atoms with Crippen LogP contribution in [0.5, 0.6) is 0 Å². The van der Waals surface area contributed by atoms with Gasteiger partial charge >= 0.3 is 5.97 Å². The van der Waals surface area contributed by atoms with Crippen molar-refractivity contribution in [3.63, 3.8) is 0 Å². The summed E-state index contributed by atoms with van der Waals surface area (Å²) < 4.78 is 5.02. The van der Waals surface area contributed by atoms with Gasteiger partial charge in [-0.2, -0.15) is 0 Å². The van der Waals surface area contributed by atoms with Gasteiger partial charge in [-0.05, 0) is 12.5 Å². The van der Waals surface area contributed by atoms with Crippen molar-refractivity contribution >= 4 is 5.97 Å². The molecule has 0 saturated carbocycles. The van der Waals surface area contributed by atoms with Gasteiger partial charge in [-0.3, -0.25) is 4.79 Å². The molecule has 0 amide bonds. The number of esters is 1. The number of hydrogen-bond donors (Lipinski definition) is 3. The predicted molar refractivity (Wildman–Crippen MR) is 98.1 cm³/mol. The number of aliphatic hydroxyl groups excluding tert-OH is 2. The molecule has 146 valence electrons. The minimum atomic E-state index is -1.84. The van der Waals surface area contributed by atoms with Crippen LogP contribution in [0.3, 0.4) is 0 Å². The van der Waals surface area contributed by atoms with Crippen molar-refractivity contribution in [2.45, 2.75) is 108 Å². The quantitative estimate of drug-likeness (QED) is 0.268. The fourth-order valence-electron chi connectivity index (χ4n) is 3.44. The van der Waals surface area contributed by atoms with Gasteiger partial charge in [-0.1, -0.05) is 77.2 Å². The lowest BCUT2D eigenvalue weighted by atomic mass is 9.86.